The molecule has 3 unspecified atom stereocenters. The molecule has 0 spiro atoms. The van der Waals surface area contributed by atoms with Gasteiger partial charge >= 0.3 is 12.2 Å². The second kappa shape index (κ2) is 10.1. The highest BCUT2D eigenvalue weighted by Gasteiger charge is 2.47. The number of rotatable bonds is 6. The van der Waals surface area contributed by atoms with Crippen LogP contribution < -0.4 is 15.4 Å². The molecule has 1 fully saturated rings. The largest absolute Gasteiger partial charge is 0.393 e. The molecular formula is C20H22ClF3N4O3S. The summed E-state index contributed by atoms with van der Waals surface area (Å²) in [6.07, 6.45) is -1.38. The molecule has 7 nitrogen and oxygen atoms in total. The fraction of sp³-hybridized carbons (Fsp3) is 0.400. The van der Waals surface area contributed by atoms with E-state index in [4.69, 9.17) is 11.6 Å². The summed E-state index contributed by atoms with van der Waals surface area (Å²) in [5.74, 6) is -1.76. The number of urea groups is 1. The molecule has 1 saturated carbocycles. The van der Waals surface area contributed by atoms with Crippen LogP contribution in [0.2, 0.25) is 0 Å². The van der Waals surface area contributed by atoms with Gasteiger partial charge in [-0.3, -0.25) is 4.98 Å². The maximum Gasteiger partial charge on any atom is 0.393 e. The van der Waals surface area contributed by atoms with E-state index < -0.39 is 46.0 Å². The highest BCUT2D eigenvalue weighted by molar-refractivity contribution is 7.89. The number of benzene rings is 1. The molecule has 2 amide bonds. The number of pyridine rings is 1. The van der Waals surface area contributed by atoms with Gasteiger partial charge in [-0.05, 0) is 55.2 Å². The Labute approximate surface area is 188 Å². The number of carbonyl (C=O) groups excluding carboxylic acids is 1. The maximum atomic E-state index is 13.1. The topological polar surface area (TPSA) is 100 Å². The quantitative estimate of drug-likeness (QED) is 0.532. The zero-order chi connectivity index (χ0) is 23.4. The third kappa shape index (κ3) is 6.57. The third-order valence-corrected chi connectivity index (χ3v) is 7.17. The smallest absolute Gasteiger partial charge is 0.334 e. The number of nitrogens with one attached hydrogen (secondary N) is 3. The van der Waals surface area contributed by atoms with Crippen molar-refractivity contribution in [3.8, 4) is 0 Å². The van der Waals surface area contributed by atoms with Gasteiger partial charge in [0.15, 0.2) is 0 Å². The average Bonchev–Trinajstić information content (AvgIpc) is 2.74. The summed E-state index contributed by atoms with van der Waals surface area (Å²) in [7, 11) is -4.03. The number of amides is 2. The van der Waals surface area contributed by atoms with Crippen molar-refractivity contribution >= 4 is 33.3 Å². The number of sulfonamides is 1. The molecular weight excluding hydrogens is 469 g/mol. The van der Waals surface area contributed by atoms with Crippen LogP contribution >= 0.6 is 11.6 Å². The van der Waals surface area contributed by atoms with Crippen molar-refractivity contribution in [2.24, 2.45) is 5.92 Å². The normalized spacial score (nSPS) is 21.7. The first-order valence-corrected chi connectivity index (χ1v) is 11.7. The minimum absolute atomic E-state index is 0.0654. The van der Waals surface area contributed by atoms with Crippen molar-refractivity contribution < 1.29 is 26.4 Å². The monoisotopic (exact) mass is 490 g/mol. The van der Waals surface area contributed by atoms with Crippen LogP contribution in [0.5, 0.6) is 0 Å². The van der Waals surface area contributed by atoms with E-state index in [1.54, 1.807) is 24.5 Å². The van der Waals surface area contributed by atoms with Gasteiger partial charge in [-0.1, -0.05) is 6.07 Å². The zero-order valence-electron chi connectivity index (χ0n) is 16.8. The standard InChI is InChI=1S/C20H22ClF3N4O3S/c21-18-8-5-15(10-17(18)20(22,23)24)28-32(30,31)16-6-3-14(4-7-16)27-19(29)26-12-13-2-1-9-25-11-13/h1-4,6-7,9,11,15,17-18,28H,5,8,10,12H2,(H2,26,27,29). The molecule has 174 valence electrons. The van der Waals surface area contributed by atoms with E-state index in [1.165, 1.54) is 24.3 Å². The number of alkyl halides is 4. The van der Waals surface area contributed by atoms with Gasteiger partial charge in [-0.2, -0.15) is 13.2 Å². The van der Waals surface area contributed by atoms with Crippen molar-refractivity contribution in [2.75, 3.05) is 5.32 Å². The number of aromatic nitrogens is 1. The fourth-order valence-corrected chi connectivity index (χ4v) is 5.10. The van der Waals surface area contributed by atoms with Gasteiger partial charge in [0, 0.05) is 36.0 Å². The van der Waals surface area contributed by atoms with Crippen molar-refractivity contribution in [1.29, 1.82) is 0 Å². The first kappa shape index (κ1) is 24.3. The summed E-state index contributed by atoms with van der Waals surface area (Å²) in [5.41, 5.74) is 1.17. The molecule has 12 heteroatoms. The van der Waals surface area contributed by atoms with Crippen molar-refractivity contribution in [2.45, 2.75) is 48.3 Å². The van der Waals surface area contributed by atoms with Crippen LogP contribution in [-0.4, -0.2) is 37.0 Å². The molecule has 32 heavy (non-hydrogen) atoms. The molecule has 1 aromatic heterocycles. The van der Waals surface area contributed by atoms with E-state index in [2.05, 4.69) is 20.3 Å². The Morgan fingerprint density at radius 3 is 2.50 bits per heavy atom. The van der Waals surface area contributed by atoms with Crippen molar-refractivity contribution in [3.05, 3.63) is 54.4 Å². The second-order valence-corrected chi connectivity index (χ2v) is 9.76. The maximum absolute atomic E-state index is 13.1. The predicted octanol–water partition coefficient (Wildman–Crippen LogP) is 4.02. The molecule has 2 aromatic rings. The Hall–Kier alpha value is -2.37. The minimum atomic E-state index is -4.48. The molecule has 1 aromatic carbocycles. The predicted molar refractivity (Wildman–Crippen MR) is 114 cm³/mol. The Morgan fingerprint density at radius 2 is 1.88 bits per heavy atom. The van der Waals surface area contributed by atoms with Crippen LogP contribution in [0, 0.1) is 5.92 Å². The number of halogens is 4. The zero-order valence-corrected chi connectivity index (χ0v) is 18.3. The Bertz CT molecular complexity index is 1020. The van der Waals surface area contributed by atoms with Gasteiger partial charge in [-0.25, -0.2) is 17.9 Å². The summed E-state index contributed by atoms with van der Waals surface area (Å²) < 4.78 is 66.9. The SMILES string of the molecule is O=C(NCc1cccnc1)Nc1ccc(S(=O)(=O)NC2CCC(Cl)C(C(F)(F)F)C2)cc1. The van der Waals surface area contributed by atoms with Crippen LogP contribution in [0.3, 0.4) is 0 Å². The van der Waals surface area contributed by atoms with Crippen LogP contribution in [0.1, 0.15) is 24.8 Å². The van der Waals surface area contributed by atoms with Crippen LogP contribution in [0.25, 0.3) is 0 Å². The summed E-state index contributed by atoms with van der Waals surface area (Å²) >= 11 is 5.80. The van der Waals surface area contributed by atoms with E-state index >= 15 is 0 Å². The summed E-state index contributed by atoms with van der Waals surface area (Å²) in [6, 6.07) is 7.53. The lowest BCUT2D eigenvalue weighted by Gasteiger charge is -2.34. The molecule has 0 saturated heterocycles. The van der Waals surface area contributed by atoms with E-state index in [0.717, 1.165) is 5.56 Å². The number of nitrogens with zero attached hydrogens (tertiary/aromatic N) is 1. The van der Waals surface area contributed by atoms with E-state index in [1.807, 2.05) is 0 Å². The summed E-state index contributed by atoms with van der Waals surface area (Å²) in [5, 5.41) is 4.15. The molecule has 3 N–H and O–H groups in total. The number of carbonyl (C=O) groups is 1. The second-order valence-electron chi connectivity index (χ2n) is 7.49. The van der Waals surface area contributed by atoms with Gasteiger partial charge in [0.25, 0.3) is 0 Å². The lowest BCUT2D eigenvalue weighted by atomic mass is 9.85. The van der Waals surface area contributed by atoms with Crippen molar-refractivity contribution in [1.82, 2.24) is 15.0 Å². The average molecular weight is 491 g/mol. The minimum Gasteiger partial charge on any atom is -0.334 e. The first-order valence-electron chi connectivity index (χ1n) is 9.81. The highest BCUT2D eigenvalue weighted by atomic mass is 35.5. The van der Waals surface area contributed by atoms with Gasteiger partial charge in [0.1, 0.15) is 0 Å². The number of hydrogen-bond acceptors (Lipinski definition) is 4. The lowest BCUT2D eigenvalue weighted by molar-refractivity contribution is -0.181. The third-order valence-electron chi connectivity index (χ3n) is 5.11. The van der Waals surface area contributed by atoms with Crippen LogP contribution in [0.4, 0.5) is 23.7 Å². The number of anilines is 1. The van der Waals surface area contributed by atoms with Crippen LogP contribution in [0.15, 0.2) is 53.7 Å². The van der Waals surface area contributed by atoms with Crippen molar-refractivity contribution in [3.63, 3.8) is 0 Å². The molecule has 1 heterocycles. The Balaban J connectivity index is 1.56. The van der Waals surface area contributed by atoms with Gasteiger partial charge in [-0.15, -0.1) is 11.6 Å². The molecule has 0 bridgehead atoms. The summed E-state index contributed by atoms with van der Waals surface area (Å²) in [4.78, 5) is 15.8. The fourth-order valence-electron chi connectivity index (χ4n) is 3.44. The van der Waals surface area contributed by atoms with Gasteiger partial charge in [0.2, 0.25) is 10.0 Å². The molecule has 1 aliphatic rings. The Morgan fingerprint density at radius 1 is 1.16 bits per heavy atom. The van der Waals surface area contributed by atoms with E-state index in [0.29, 0.717) is 5.69 Å². The Kier molecular flexibility index (Phi) is 7.63. The molecule has 3 rings (SSSR count). The van der Waals surface area contributed by atoms with Crippen LogP contribution in [-0.2, 0) is 16.6 Å². The molecule has 0 aliphatic heterocycles. The molecule has 0 radical (unpaired) electrons. The first-order chi connectivity index (χ1) is 15.0. The summed E-state index contributed by atoms with van der Waals surface area (Å²) in [6.45, 7) is 0.263. The molecule has 3 atom stereocenters. The van der Waals surface area contributed by atoms with Gasteiger partial charge < -0.3 is 10.6 Å². The molecule has 1 aliphatic carbocycles. The lowest BCUT2D eigenvalue weighted by Crippen LogP contribution is -2.45. The highest BCUT2D eigenvalue weighted by Crippen LogP contribution is 2.40. The van der Waals surface area contributed by atoms with E-state index in [-0.39, 0.29) is 24.3 Å². The number of hydrogen-bond donors (Lipinski definition) is 3. The van der Waals surface area contributed by atoms with Gasteiger partial charge in [0.05, 0.1) is 10.8 Å². The van der Waals surface area contributed by atoms with E-state index in [9.17, 15) is 26.4 Å².